The van der Waals surface area contributed by atoms with Crippen molar-refractivity contribution in [1.29, 1.82) is 0 Å². The molecule has 0 aliphatic carbocycles. The van der Waals surface area contributed by atoms with Crippen molar-refractivity contribution in [1.82, 2.24) is 0 Å². The quantitative estimate of drug-likeness (QED) is 0.578. The van der Waals surface area contributed by atoms with Gasteiger partial charge in [-0.15, -0.1) is 0 Å². The van der Waals surface area contributed by atoms with Crippen LogP contribution in [-0.2, 0) is 0 Å². The van der Waals surface area contributed by atoms with Crippen LogP contribution in [0.4, 0.5) is 0 Å². The van der Waals surface area contributed by atoms with Crippen LogP contribution in [0.5, 0.6) is 5.75 Å². The fraction of sp³-hybridized carbons (Fsp3) is 0.100. The summed E-state index contributed by atoms with van der Waals surface area (Å²) in [7, 11) is 1.61. The molecule has 72 valence electrons. The third-order valence-electron chi connectivity index (χ3n) is 2.05. The number of rotatable bonds is 1. The molecule has 1 heterocycles. The summed E-state index contributed by atoms with van der Waals surface area (Å²) in [5.41, 5.74) is 0. The van der Waals surface area contributed by atoms with Crippen LogP contribution in [0.25, 0.3) is 10.8 Å². The van der Waals surface area contributed by atoms with Crippen LogP contribution in [0, 0.1) is 5.21 Å². The van der Waals surface area contributed by atoms with Gasteiger partial charge in [0.25, 0.3) is 0 Å². The summed E-state index contributed by atoms with van der Waals surface area (Å²) < 4.78 is 6.80. The second kappa shape index (κ2) is 3.46. The number of halogens is 1. The standard InChI is InChI=1S/C10H8BrNO2/c1-14-9-3-2-7-6-12(13)5-4-8(7)10(9)11/h2-6H,1H3. The highest BCUT2D eigenvalue weighted by Gasteiger charge is 2.06. The third kappa shape index (κ3) is 1.42. The molecule has 1 aromatic carbocycles. The molecule has 0 aliphatic rings. The number of hydrogen-bond donors (Lipinski definition) is 0. The van der Waals surface area contributed by atoms with Crippen LogP contribution in [-0.4, -0.2) is 7.11 Å². The molecule has 0 fully saturated rings. The van der Waals surface area contributed by atoms with Gasteiger partial charge in [-0.2, -0.15) is 4.73 Å². The molecule has 0 unspecified atom stereocenters. The van der Waals surface area contributed by atoms with E-state index >= 15 is 0 Å². The van der Waals surface area contributed by atoms with Gasteiger partial charge >= 0.3 is 0 Å². The number of aromatic nitrogens is 1. The van der Waals surface area contributed by atoms with Gasteiger partial charge in [0, 0.05) is 16.8 Å². The molecule has 0 saturated carbocycles. The molecule has 0 bridgehead atoms. The van der Waals surface area contributed by atoms with Crippen LogP contribution in [0.3, 0.4) is 0 Å². The Bertz CT molecular complexity index is 485. The molecule has 0 spiro atoms. The Morgan fingerprint density at radius 2 is 2.14 bits per heavy atom. The number of pyridine rings is 1. The van der Waals surface area contributed by atoms with E-state index in [0.29, 0.717) is 0 Å². The fourth-order valence-electron chi connectivity index (χ4n) is 1.36. The summed E-state index contributed by atoms with van der Waals surface area (Å²) in [5, 5.41) is 12.9. The summed E-state index contributed by atoms with van der Waals surface area (Å²) in [4.78, 5) is 0. The Morgan fingerprint density at radius 3 is 2.86 bits per heavy atom. The van der Waals surface area contributed by atoms with Crippen molar-refractivity contribution in [2.24, 2.45) is 0 Å². The van der Waals surface area contributed by atoms with Crippen LogP contribution in [0.2, 0.25) is 0 Å². The smallest absolute Gasteiger partial charge is 0.188 e. The van der Waals surface area contributed by atoms with E-state index in [1.165, 1.54) is 12.4 Å². The zero-order valence-electron chi connectivity index (χ0n) is 7.53. The zero-order chi connectivity index (χ0) is 10.1. The van der Waals surface area contributed by atoms with Gasteiger partial charge in [0.05, 0.1) is 11.6 Å². The Labute approximate surface area is 89.6 Å². The van der Waals surface area contributed by atoms with Crippen LogP contribution in [0.15, 0.2) is 35.1 Å². The van der Waals surface area contributed by atoms with Gasteiger partial charge in [-0.05, 0) is 28.1 Å². The van der Waals surface area contributed by atoms with E-state index in [9.17, 15) is 5.21 Å². The van der Waals surface area contributed by atoms with Crippen LogP contribution >= 0.6 is 15.9 Å². The molecule has 4 heteroatoms. The van der Waals surface area contributed by atoms with Crippen molar-refractivity contribution >= 4 is 26.7 Å². The molecule has 0 N–H and O–H groups in total. The van der Waals surface area contributed by atoms with Crippen molar-refractivity contribution in [3.8, 4) is 5.75 Å². The summed E-state index contributed by atoms with van der Waals surface area (Å²) in [6, 6.07) is 5.44. The molecule has 0 atom stereocenters. The molecule has 0 saturated heterocycles. The first kappa shape index (κ1) is 9.27. The van der Waals surface area contributed by atoms with Crippen molar-refractivity contribution in [2.45, 2.75) is 0 Å². The maximum Gasteiger partial charge on any atom is 0.188 e. The molecule has 1 aromatic heterocycles. The lowest BCUT2D eigenvalue weighted by Gasteiger charge is -2.05. The SMILES string of the molecule is COc1ccc2c[n+]([O-])ccc2c1Br. The molecule has 2 aromatic rings. The Hall–Kier alpha value is -1.29. The predicted molar refractivity (Wildman–Crippen MR) is 57.2 cm³/mol. The monoisotopic (exact) mass is 253 g/mol. The highest BCUT2D eigenvalue weighted by Crippen LogP contribution is 2.31. The predicted octanol–water partition coefficient (Wildman–Crippen LogP) is 2.24. The third-order valence-corrected chi connectivity index (χ3v) is 2.87. The van der Waals surface area contributed by atoms with E-state index in [0.717, 1.165) is 25.7 Å². The Morgan fingerprint density at radius 1 is 1.36 bits per heavy atom. The van der Waals surface area contributed by atoms with Crippen molar-refractivity contribution < 1.29 is 9.47 Å². The average Bonchev–Trinajstić information content (AvgIpc) is 2.18. The molecular weight excluding hydrogens is 246 g/mol. The topological polar surface area (TPSA) is 36.2 Å². The molecule has 2 rings (SSSR count). The minimum absolute atomic E-state index is 0.765. The first-order valence-electron chi connectivity index (χ1n) is 4.07. The van der Waals surface area contributed by atoms with E-state index in [1.54, 1.807) is 13.2 Å². The Kier molecular flexibility index (Phi) is 2.29. The molecule has 0 radical (unpaired) electrons. The highest BCUT2D eigenvalue weighted by atomic mass is 79.9. The summed E-state index contributed by atoms with van der Waals surface area (Å²) in [6.45, 7) is 0. The van der Waals surface area contributed by atoms with Crippen molar-refractivity contribution in [3.63, 3.8) is 0 Å². The molecular formula is C10H8BrNO2. The first-order chi connectivity index (χ1) is 6.72. The van der Waals surface area contributed by atoms with Gasteiger partial charge in [0.1, 0.15) is 5.75 Å². The molecule has 14 heavy (non-hydrogen) atoms. The largest absolute Gasteiger partial charge is 0.619 e. The minimum atomic E-state index is 0.765. The molecule has 0 aliphatic heterocycles. The number of hydrogen-bond acceptors (Lipinski definition) is 2. The minimum Gasteiger partial charge on any atom is -0.619 e. The van der Waals surface area contributed by atoms with Gasteiger partial charge in [-0.1, -0.05) is 0 Å². The van der Waals surface area contributed by atoms with Gasteiger partial charge in [-0.25, -0.2) is 0 Å². The molecule has 0 amide bonds. The lowest BCUT2D eigenvalue weighted by molar-refractivity contribution is -0.603. The second-order valence-electron chi connectivity index (χ2n) is 2.89. The Balaban J connectivity index is 2.77. The molecule has 3 nitrogen and oxygen atoms in total. The summed E-state index contributed by atoms with van der Waals surface area (Å²) in [6.07, 6.45) is 2.99. The fourth-order valence-corrected chi connectivity index (χ4v) is 2.01. The highest BCUT2D eigenvalue weighted by molar-refractivity contribution is 9.10. The van der Waals surface area contributed by atoms with Gasteiger partial charge in [-0.3, -0.25) is 0 Å². The van der Waals surface area contributed by atoms with Gasteiger partial charge < -0.3 is 9.94 Å². The summed E-state index contributed by atoms with van der Waals surface area (Å²) >= 11 is 3.43. The zero-order valence-corrected chi connectivity index (χ0v) is 9.11. The normalized spacial score (nSPS) is 10.4. The van der Waals surface area contributed by atoms with Crippen molar-refractivity contribution in [3.05, 3.63) is 40.3 Å². The maximum atomic E-state index is 11.0. The summed E-state index contributed by atoms with van der Waals surface area (Å²) in [5.74, 6) is 0.765. The van der Waals surface area contributed by atoms with E-state index in [4.69, 9.17) is 4.74 Å². The van der Waals surface area contributed by atoms with Gasteiger partial charge in [0.15, 0.2) is 12.4 Å². The van der Waals surface area contributed by atoms with E-state index in [2.05, 4.69) is 15.9 Å². The number of ether oxygens (including phenoxy) is 1. The van der Waals surface area contributed by atoms with E-state index < -0.39 is 0 Å². The number of fused-ring (bicyclic) bond motifs is 1. The second-order valence-corrected chi connectivity index (χ2v) is 3.68. The number of benzene rings is 1. The number of methoxy groups -OCH3 is 1. The average molecular weight is 254 g/mol. The van der Waals surface area contributed by atoms with Crippen molar-refractivity contribution in [2.75, 3.05) is 7.11 Å². The van der Waals surface area contributed by atoms with E-state index in [1.807, 2.05) is 12.1 Å². The number of nitrogens with zero attached hydrogens (tertiary/aromatic N) is 1. The maximum absolute atomic E-state index is 11.0. The van der Waals surface area contributed by atoms with E-state index in [-0.39, 0.29) is 0 Å². The van der Waals surface area contributed by atoms with Gasteiger partial charge in [0.2, 0.25) is 0 Å². The van der Waals surface area contributed by atoms with Crippen LogP contribution in [0.1, 0.15) is 0 Å². The van der Waals surface area contributed by atoms with Crippen LogP contribution < -0.4 is 9.47 Å². The lowest BCUT2D eigenvalue weighted by atomic mass is 10.2. The first-order valence-corrected chi connectivity index (χ1v) is 4.86. The lowest BCUT2D eigenvalue weighted by Crippen LogP contribution is -2.23.